The van der Waals surface area contributed by atoms with E-state index in [0.29, 0.717) is 12.5 Å². The molecule has 0 aliphatic carbocycles. The molecule has 0 fully saturated rings. The largest absolute Gasteiger partial charge is 0.492 e. The molecule has 0 radical (unpaired) electrons. The quantitative estimate of drug-likeness (QED) is 0.310. The van der Waals surface area contributed by atoms with Crippen LogP contribution in [0.15, 0.2) is 84.9 Å². The number of allylic oxidation sites excluding steroid dienone is 1. The standard InChI is InChI=1S/C26H28ClNO/c1-28(2)19-20-29-24-15-13-23(14-16-24)26(22-11-7-4-8-12-22)25(17-18-27)21-9-5-3-6-10-21/h3-16H,17-20H2,1-2H3/b26-25-/i1-1. The van der Waals surface area contributed by atoms with Gasteiger partial charge in [-0.1, -0.05) is 72.8 Å². The average molecular weight is 405 g/mol. The van der Waals surface area contributed by atoms with E-state index in [0.717, 1.165) is 18.7 Å². The van der Waals surface area contributed by atoms with Crippen LogP contribution >= 0.6 is 11.6 Å². The van der Waals surface area contributed by atoms with Crippen molar-refractivity contribution < 1.29 is 4.74 Å². The molecule has 3 aromatic carbocycles. The first-order valence-electron chi connectivity index (χ1n) is 9.97. The first-order valence-corrected chi connectivity index (χ1v) is 10.5. The molecule has 0 saturated heterocycles. The maximum atomic E-state index is 6.21. The molecular weight excluding hydrogens is 377 g/mol. The van der Waals surface area contributed by atoms with Gasteiger partial charge in [-0.3, -0.25) is 0 Å². The second kappa shape index (κ2) is 10.8. The van der Waals surface area contributed by atoms with Crippen LogP contribution in [0.3, 0.4) is 0 Å². The molecule has 3 heteroatoms. The van der Waals surface area contributed by atoms with E-state index >= 15 is 0 Å². The lowest BCUT2D eigenvalue weighted by Crippen LogP contribution is -2.19. The molecule has 0 bridgehead atoms. The van der Waals surface area contributed by atoms with Gasteiger partial charge in [0, 0.05) is 12.4 Å². The lowest BCUT2D eigenvalue weighted by Gasteiger charge is -2.17. The van der Waals surface area contributed by atoms with Crippen molar-refractivity contribution in [2.45, 2.75) is 6.42 Å². The number of rotatable bonds is 9. The highest BCUT2D eigenvalue weighted by Gasteiger charge is 2.14. The van der Waals surface area contributed by atoms with E-state index in [1.54, 1.807) is 0 Å². The fourth-order valence-corrected chi connectivity index (χ4v) is 3.52. The number of alkyl halides is 1. The molecule has 0 aliphatic heterocycles. The van der Waals surface area contributed by atoms with E-state index in [1.807, 2.05) is 26.2 Å². The Hall–Kier alpha value is -2.55. The summed E-state index contributed by atoms with van der Waals surface area (Å²) in [5.41, 5.74) is 6.04. The molecular formula is C26H28ClNO. The highest BCUT2D eigenvalue weighted by Crippen LogP contribution is 2.35. The number of halogens is 1. The monoisotopic (exact) mass is 404 g/mol. The van der Waals surface area contributed by atoms with Crippen molar-refractivity contribution in [2.75, 3.05) is 33.1 Å². The second-order valence-corrected chi connectivity index (χ2v) is 7.58. The van der Waals surface area contributed by atoms with Crippen LogP contribution < -0.4 is 4.74 Å². The molecule has 0 aromatic heterocycles. The van der Waals surface area contributed by atoms with Gasteiger partial charge < -0.3 is 9.64 Å². The number of hydrogen-bond acceptors (Lipinski definition) is 2. The first-order chi connectivity index (χ1) is 14.2. The summed E-state index contributed by atoms with van der Waals surface area (Å²) in [7, 11) is 4.09. The van der Waals surface area contributed by atoms with Gasteiger partial charge in [0.15, 0.2) is 0 Å². The summed E-state index contributed by atoms with van der Waals surface area (Å²) in [6, 6.07) is 29.4. The molecule has 0 aliphatic rings. The van der Waals surface area contributed by atoms with Gasteiger partial charge >= 0.3 is 0 Å². The maximum Gasteiger partial charge on any atom is 0.119 e. The lowest BCUT2D eigenvalue weighted by atomic mass is 9.88. The van der Waals surface area contributed by atoms with Crippen LogP contribution in [0.5, 0.6) is 5.75 Å². The average Bonchev–Trinajstić information content (AvgIpc) is 2.75. The number of hydrogen-bond donors (Lipinski definition) is 0. The molecule has 0 atom stereocenters. The Morgan fingerprint density at radius 2 is 1.31 bits per heavy atom. The van der Waals surface area contributed by atoms with Gasteiger partial charge in [0.1, 0.15) is 12.4 Å². The molecule has 29 heavy (non-hydrogen) atoms. The smallest absolute Gasteiger partial charge is 0.119 e. The predicted molar refractivity (Wildman–Crippen MR) is 125 cm³/mol. The maximum absolute atomic E-state index is 6.21. The van der Waals surface area contributed by atoms with Gasteiger partial charge in [-0.15, -0.1) is 11.6 Å². The van der Waals surface area contributed by atoms with Gasteiger partial charge in [-0.2, -0.15) is 0 Å². The van der Waals surface area contributed by atoms with E-state index in [-0.39, 0.29) is 0 Å². The Labute approximate surface area is 179 Å². The van der Waals surface area contributed by atoms with Crippen LogP contribution in [0.2, 0.25) is 0 Å². The summed E-state index contributed by atoms with van der Waals surface area (Å²) < 4.78 is 5.87. The highest BCUT2D eigenvalue weighted by atomic mass is 35.5. The van der Waals surface area contributed by atoms with Crippen molar-refractivity contribution in [2.24, 2.45) is 0 Å². The molecule has 0 heterocycles. The van der Waals surface area contributed by atoms with Gasteiger partial charge in [0.05, 0.1) is 0 Å². The number of ether oxygens (including phenoxy) is 1. The van der Waals surface area contributed by atoms with Crippen LogP contribution in [-0.2, 0) is 0 Å². The van der Waals surface area contributed by atoms with Crippen LogP contribution in [0.4, 0.5) is 0 Å². The summed E-state index contributed by atoms with van der Waals surface area (Å²) in [5, 5.41) is 0. The molecule has 3 rings (SSSR count). The SMILES string of the molecule is CN([11CH3])CCOc1ccc(/C(=C(/CCCl)c2ccccc2)c2ccccc2)cc1. The van der Waals surface area contributed by atoms with Crippen molar-refractivity contribution >= 4 is 22.7 Å². The molecule has 0 N–H and O–H groups in total. The van der Waals surface area contributed by atoms with Crippen molar-refractivity contribution in [3.8, 4) is 5.75 Å². The minimum atomic E-state index is 0.576. The normalized spacial score (nSPS) is 12.0. The fraction of sp³-hybridized carbons (Fsp3) is 0.231. The van der Waals surface area contributed by atoms with E-state index in [4.69, 9.17) is 16.3 Å². The number of likely N-dealkylation sites (N-methyl/N-ethyl adjacent to an activating group) is 1. The third-order valence-electron chi connectivity index (χ3n) is 4.78. The predicted octanol–water partition coefficient (Wildman–Crippen LogP) is 6.22. The van der Waals surface area contributed by atoms with Gasteiger partial charge in [0.2, 0.25) is 0 Å². The van der Waals surface area contributed by atoms with E-state index < -0.39 is 0 Å². The Morgan fingerprint density at radius 3 is 1.86 bits per heavy atom. The van der Waals surface area contributed by atoms with Crippen molar-refractivity contribution in [3.05, 3.63) is 102 Å². The molecule has 3 aromatic rings. The van der Waals surface area contributed by atoms with Crippen molar-refractivity contribution in [3.63, 3.8) is 0 Å². The third kappa shape index (κ3) is 5.96. The summed E-state index contributed by atoms with van der Waals surface area (Å²) in [6.07, 6.45) is 0.802. The minimum absolute atomic E-state index is 0.576. The molecule has 150 valence electrons. The molecule has 0 amide bonds. The Kier molecular flexibility index (Phi) is 7.92. The third-order valence-corrected chi connectivity index (χ3v) is 4.97. The van der Waals surface area contributed by atoms with E-state index in [2.05, 4.69) is 77.7 Å². The topological polar surface area (TPSA) is 12.5 Å². The van der Waals surface area contributed by atoms with Gasteiger partial charge in [-0.25, -0.2) is 0 Å². The number of benzene rings is 3. The van der Waals surface area contributed by atoms with Crippen LogP contribution in [-0.4, -0.2) is 38.0 Å². The van der Waals surface area contributed by atoms with Crippen molar-refractivity contribution in [1.29, 1.82) is 0 Å². The van der Waals surface area contributed by atoms with Crippen LogP contribution in [0.25, 0.3) is 11.1 Å². The summed E-state index contributed by atoms with van der Waals surface area (Å²) in [4.78, 5) is 2.11. The fourth-order valence-electron chi connectivity index (χ4n) is 3.33. The molecule has 0 saturated carbocycles. The minimum Gasteiger partial charge on any atom is -0.492 e. The van der Waals surface area contributed by atoms with Crippen LogP contribution in [0.1, 0.15) is 23.1 Å². The van der Waals surface area contributed by atoms with E-state index in [9.17, 15) is 0 Å². The zero-order chi connectivity index (χ0) is 20.5. The zero-order valence-corrected chi connectivity index (χ0v) is 17.9. The Bertz CT molecular complexity index is 902. The first kappa shape index (κ1) is 21.2. The second-order valence-electron chi connectivity index (χ2n) is 7.20. The molecule has 2 nitrogen and oxygen atoms in total. The van der Waals surface area contributed by atoms with E-state index in [1.165, 1.54) is 27.8 Å². The zero-order valence-electron chi connectivity index (χ0n) is 17.1. The van der Waals surface area contributed by atoms with Crippen molar-refractivity contribution in [1.82, 2.24) is 4.90 Å². The highest BCUT2D eigenvalue weighted by molar-refractivity contribution is 6.18. The Morgan fingerprint density at radius 1 is 0.759 bits per heavy atom. The van der Waals surface area contributed by atoms with Gasteiger partial charge in [0.25, 0.3) is 0 Å². The number of nitrogens with zero attached hydrogens (tertiary/aromatic N) is 1. The summed E-state index contributed by atoms with van der Waals surface area (Å²) in [6.45, 7) is 1.57. The summed E-state index contributed by atoms with van der Waals surface area (Å²) in [5.74, 6) is 1.47. The van der Waals surface area contributed by atoms with Gasteiger partial charge in [-0.05, 0) is 60.5 Å². The Balaban J connectivity index is 2.02. The summed E-state index contributed by atoms with van der Waals surface area (Å²) >= 11 is 6.21. The molecule has 0 unspecified atom stereocenters. The van der Waals surface area contributed by atoms with Crippen LogP contribution in [0, 0.1) is 0 Å². The molecule has 0 spiro atoms. The lowest BCUT2D eigenvalue weighted by molar-refractivity contribution is 0.261.